The molecule has 0 saturated heterocycles. The highest BCUT2D eigenvalue weighted by Gasteiger charge is 2.23. The van der Waals surface area contributed by atoms with Gasteiger partial charge >= 0.3 is 0 Å². The van der Waals surface area contributed by atoms with Crippen molar-refractivity contribution in [2.45, 2.75) is 24.8 Å². The summed E-state index contributed by atoms with van der Waals surface area (Å²) in [5.41, 5.74) is 0. The Balaban J connectivity index is 2.90. The Hall–Kier alpha value is -1.47. The highest BCUT2D eigenvalue weighted by molar-refractivity contribution is 7.89. The summed E-state index contributed by atoms with van der Waals surface area (Å²) in [6.45, 7) is 3.50. The molecule has 1 atom stereocenters. The Bertz CT molecular complexity index is 531. The van der Waals surface area contributed by atoms with Crippen LogP contribution in [0.3, 0.4) is 0 Å². The van der Waals surface area contributed by atoms with E-state index in [2.05, 4.69) is 10.0 Å². The molecule has 0 bridgehead atoms. The predicted molar refractivity (Wildman–Crippen MR) is 64.9 cm³/mol. The van der Waals surface area contributed by atoms with Crippen molar-refractivity contribution in [3.8, 4) is 0 Å². The van der Waals surface area contributed by atoms with Crippen molar-refractivity contribution in [2.75, 3.05) is 6.54 Å². The standard InChI is InChI=1S/C11H15FN2O3S/c1-3-13-11(15)8(2)14-18(16,17)10-7-5-4-6-9(10)12/h4-8,14H,3H2,1-2H3,(H,13,15). The molecule has 1 aromatic rings. The topological polar surface area (TPSA) is 75.3 Å². The number of hydrogen-bond donors (Lipinski definition) is 2. The maximum Gasteiger partial charge on any atom is 0.244 e. The van der Waals surface area contributed by atoms with Gasteiger partial charge in [0, 0.05) is 6.54 Å². The van der Waals surface area contributed by atoms with E-state index in [4.69, 9.17) is 0 Å². The molecule has 0 heterocycles. The summed E-state index contributed by atoms with van der Waals surface area (Å²) >= 11 is 0. The molecule has 0 saturated carbocycles. The summed E-state index contributed by atoms with van der Waals surface area (Å²) < 4.78 is 39.2. The van der Waals surface area contributed by atoms with Crippen LogP contribution in [-0.2, 0) is 14.8 Å². The molecular weight excluding hydrogens is 259 g/mol. The summed E-state index contributed by atoms with van der Waals surface area (Å²) in [5, 5.41) is 2.47. The first-order valence-electron chi connectivity index (χ1n) is 5.43. The summed E-state index contributed by atoms with van der Waals surface area (Å²) in [5.74, 6) is -1.31. The Kier molecular flexibility index (Phi) is 4.80. The van der Waals surface area contributed by atoms with E-state index >= 15 is 0 Å². The lowest BCUT2D eigenvalue weighted by atomic mass is 10.3. The second-order valence-corrected chi connectivity index (χ2v) is 5.35. The summed E-state index contributed by atoms with van der Waals surface area (Å²) in [6.07, 6.45) is 0. The van der Waals surface area contributed by atoms with Crippen molar-refractivity contribution in [3.63, 3.8) is 0 Å². The first kappa shape index (κ1) is 14.6. The SMILES string of the molecule is CCNC(=O)C(C)NS(=O)(=O)c1ccccc1F. The largest absolute Gasteiger partial charge is 0.355 e. The van der Waals surface area contributed by atoms with Gasteiger partial charge in [0.05, 0.1) is 6.04 Å². The van der Waals surface area contributed by atoms with Crippen molar-refractivity contribution in [3.05, 3.63) is 30.1 Å². The molecule has 1 rings (SSSR count). The van der Waals surface area contributed by atoms with Crippen LogP contribution in [0.2, 0.25) is 0 Å². The van der Waals surface area contributed by atoms with E-state index in [0.717, 1.165) is 12.1 Å². The molecule has 1 unspecified atom stereocenters. The Morgan fingerprint density at radius 3 is 2.56 bits per heavy atom. The number of sulfonamides is 1. The van der Waals surface area contributed by atoms with Gasteiger partial charge in [-0.05, 0) is 26.0 Å². The van der Waals surface area contributed by atoms with Crippen molar-refractivity contribution in [2.24, 2.45) is 0 Å². The first-order valence-corrected chi connectivity index (χ1v) is 6.91. The number of amides is 1. The molecule has 0 fully saturated rings. The number of carbonyl (C=O) groups excluding carboxylic acids is 1. The molecule has 0 spiro atoms. The monoisotopic (exact) mass is 274 g/mol. The third-order valence-corrected chi connectivity index (χ3v) is 3.78. The normalized spacial score (nSPS) is 13.1. The van der Waals surface area contributed by atoms with Crippen LogP contribution in [0.5, 0.6) is 0 Å². The molecule has 0 aliphatic heterocycles. The van der Waals surface area contributed by atoms with Crippen LogP contribution in [0.4, 0.5) is 4.39 Å². The number of halogens is 1. The van der Waals surface area contributed by atoms with Crippen LogP contribution >= 0.6 is 0 Å². The third-order valence-electron chi connectivity index (χ3n) is 2.20. The number of hydrogen-bond acceptors (Lipinski definition) is 3. The van der Waals surface area contributed by atoms with Gasteiger partial charge < -0.3 is 5.32 Å². The van der Waals surface area contributed by atoms with Gasteiger partial charge in [0.25, 0.3) is 0 Å². The number of likely N-dealkylation sites (N-methyl/N-ethyl adjacent to an activating group) is 1. The quantitative estimate of drug-likeness (QED) is 0.827. The highest BCUT2D eigenvalue weighted by Crippen LogP contribution is 2.13. The zero-order valence-corrected chi connectivity index (χ0v) is 10.9. The maximum absolute atomic E-state index is 13.4. The van der Waals surface area contributed by atoms with Gasteiger partial charge in [-0.15, -0.1) is 0 Å². The minimum absolute atomic E-state index is 0.393. The van der Waals surface area contributed by atoms with Gasteiger partial charge in [-0.1, -0.05) is 12.1 Å². The second kappa shape index (κ2) is 5.92. The molecule has 18 heavy (non-hydrogen) atoms. The Labute approximate surface area is 105 Å². The van der Waals surface area contributed by atoms with Gasteiger partial charge in [-0.25, -0.2) is 12.8 Å². The number of nitrogens with one attached hydrogen (secondary N) is 2. The zero-order chi connectivity index (χ0) is 13.8. The molecule has 1 aromatic carbocycles. The molecule has 7 heteroatoms. The molecular formula is C11H15FN2O3S. The van der Waals surface area contributed by atoms with Gasteiger partial charge in [-0.2, -0.15) is 4.72 Å². The predicted octanol–water partition coefficient (Wildman–Crippen LogP) is 0.629. The lowest BCUT2D eigenvalue weighted by Gasteiger charge is -2.13. The van der Waals surface area contributed by atoms with E-state index < -0.39 is 32.7 Å². The van der Waals surface area contributed by atoms with Gasteiger partial charge in [0.15, 0.2) is 0 Å². The van der Waals surface area contributed by atoms with Crippen molar-refractivity contribution in [1.29, 1.82) is 0 Å². The van der Waals surface area contributed by atoms with Crippen LogP contribution in [0.25, 0.3) is 0 Å². The van der Waals surface area contributed by atoms with Crippen molar-refractivity contribution >= 4 is 15.9 Å². The van der Waals surface area contributed by atoms with Crippen LogP contribution < -0.4 is 10.0 Å². The molecule has 0 aliphatic carbocycles. The lowest BCUT2D eigenvalue weighted by Crippen LogP contribution is -2.44. The van der Waals surface area contributed by atoms with E-state index in [0.29, 0.717) is 6.54 Å². The molecule has 0 aromatic heterocycles. The van der Waals surface area contributed by atoms with Crippen LogP contribution in [0.15, 0.2) is 29.2 Å². The van der Waals surface area contributed by atoms with Crippen LogP contribution in [0.1, 0.15) is 13.8 Å². The van der Waals surface area contributed by atoms with E-state index in [9.17, 15) is 17.6 Å². The van der Waals surface area contributed by atoms with E-state index in [1.165, 1.54) is 19.1 Å². The second-order valence-electron chi connectivity index (χ2n) is 3.67. The maximum atomic E-state index is 13.4. The first-order chi connectivity index (χ1) is 8.38. The van der Waals surface area contributed by atoms with E-state index in [1.54, 1.807) is 6.92 Å². The fourth-order valence-corrected chi connectivity index (χ4v) is 2.62. The summed E-state index contributed by atoms with van der Waals surface area (Å²) in [7, 11) is -4.04. The van der Waals surface area contributed by atoms with Gasteiger partial charge in [-0.3, -0.25) is 4.79 Å². The fourth-order valence-electron chi connectivity index (χ4n) is 1.34. The summed E-state index contributed by atoms with van der Waals surface area (Å²) in [4.78, 5) is 10.9. The highest BCUT2D eigenvalue weighted by atomic mass is 32.2. The molecule has 0 aliphatic rings. The van der Waals surface area contributed by atoms with E-state index in [-0.39, 0.29) is 0 Å². The Morgan fingerprint density at radius 2 is 2.00 bits per heavy atom. The fraction of sp³-hybridized carbons (Fsp3) is 0.364. The molecule has 1 amide bonds. The Morgan fingerprint density at radius 1 is 1.39 bits per heavy atom. The lowest BCUT2D eigenvalue weighted by molar-refractivity contribution is -0.122. The number of benzene rings is 1. The minimum atomic E-state index is -4.04. The molecule has 0 radical (unpaired) electrons. The minimum Gasteiger partial charge on any atom is -0.355 e. The average molecular weight is 274 g/mol. The van der Waals surface area contributed by atoms with Crippen molar-refractivity contribution < 1.29 is 17.6 Å². The molecule has 100 valence electrons. The number of rotatable bonds is 5. The van der Waals surface area contributed by atoms with Crippen LogP contribution in [-0.4, -0.2) is 26.9 Å². The summed E-state index contributed by atoms with van der Waals surface area (Å²) in [6, 6.07) is 4.03. The average Bonchev–Trinajstić information content (AvgIpc) is 2.29. The van der Waals surface area contributed by atoms with Gasteiger partial charge in [0.1, 0.15) is 10.7 Å². The van der Waals surface area contributed by atoms with Crippen LogP contribution in [0, 0.1) is 5.82 Å². The van der Waals surface area contributed by atoms with Gasteiger partial charge in [0.2, 0.25) is 15.9 Å². The molecule has 5 nitrogen and oxygen atoms in total. The third kappa shape index (κ3) is 3.51. The number of carbonyl (C=O) groups is 1. The smallest absolute Gasteiger partial charge is 0.244 e. The van der Waals surface area contributed by atoms with Crippen molar-refractivity contribution in [1.82, 2.24) is 10.0 Å². The zero-order valence-electron chi connectivity index (χ0n) is 10.1. The van der Waals surface area contributed by atoms with E-state index in [1.807, 2.05) is 0 Å². The molecule has 2 N–H and O–H groups in total.